The zero-order chi connectivity index (χ0) is 14.3. The molecule has 1 aromatic carbocycles. The van der Waals surface area contributed by atoms with Crippen LogP contribution < -0.4 is 0 Å². The van der Waals surface area contributed by atoms with Gasteiger partial charge in [-0.05, 0) is 31.2 Å². The molecule has 0 saturated carbocycles. The van der Waals surface area contributed by atoms with Crippen LogP contribution in [0.25, 0.3) is 11.0 Å². The highest BCUT2D eigenvalue weighted by Gasteiger charge is 2.21. The number of rotatable bonds is 2. The van der Waals surface area contributed by atoms with E-state index in [1.54, 1.807) is 49.4 Å². The van der Waals surface area contributed by atoms with Gasteiger partial charge in [0.05, 0.1) is 9.92 Å². The predicted octanol–water partition coefficient (Wildman–Crippen LogP) is 3.24. The van der Waals surface area contributed by atoms with Crippen LogP contribution in [0.3, 0.4) is 0 Å². The quantitative estimate of drug-likeness (QED) is 0.730. The Kier molecular flexibility index (Phi) is 3.03. The van der Waals surface area contributed by atoms with Gasteiger partial charge in [0.25, 0.3) is 10.0 Å². The Hall–Kier alpha value is -1.85. The topological polar surface area (TPSA) is 52.0 Å². The van der Waals surface area contributed by atoms with Crippen LogP contribution in [0.4, 0.5) is 0 Å². The zero-order valence-electron chi connectivity index (χ0n) is 10.6. The lowest BCUT2D eigenvalue weighted by Crippen LogP contribution is -2.14. The van der Waals surface area contributed by atoms with Gasteiger partial charge < -0.3 is 0 Å². The van der Waals surface area contributed by atoms with Crippen LogP contribution in [0.2, 0.25) is 5.02 Å². The second-order valence-corrected chi connectivity index (χ2v) is 6.66. The lowest BCUT2D eigenvalue weighted by atomic mass is 10.3. The third-order valence-electron chi connectivity index (χ3n) is 3.02. The predicted molar refractivity (Wildman–Crippen MR) is 78.5 cm³/mol. The first-order chi connectivity index (χ1) is 9.50. The van der Waals surface area contributed by atoms with E-state index in [2.05, 4.69) is 4.98 Å². The third-order valence-corrected chi connectivity index (χ3v) is 5.04. The molecule has 102 valence electrons. The number of benzene rings is 1. The monoisotopic (exact) mass is 306 g/mol. The maximum Gasteiger partial charge on any atom is 0.269 e. The summed E-state index contributed by atoms with van der Waals surface area (Å²) in [5.74, 6) is 0. The molecule has 6 heteroatoms. The van der Waals surface area contributed by atoms with Gasteiger partial charge in [-0.1, -0.05) is 29.8 Å². The Morgan fingerprint density at radius 3 is 2.55 bits per heavy atom. The van der Waals surface area contributed by atoms with E-state index in [9.17, 15) is 8.42 Å². The van der Waals surface area contributed by atoms with Gasteiger partial charge in [-0.3, -0.25) is 0 Å². The molecule has 2 aromatic heterocycles. The van der Waals surface area contributed by atoms with Crippen molar-refractivity contribution in [3.05, 3.63) is 59.4 Å². The van der Waals surface area contributed by atoms with E-state index >= 15 is 0 Å². The molecule has 3 rings (SSSR count). The summed E-state index contributed by atoms with van der Waals surface area (Å²) in [5.41, 5.74) is 0.981. The van der Waals surface area contributed by atoms with Crippen molar-refractivity contribution in [2.45, 2.75) is 11.8 Å². The highest BCUT2D eigenvalue weighted by Crippen LogP contribution is 2.25. The van der Waals surface area contributed by atoms with Crippen molar-refractivity contribution in [3.8, 4) is 0 Å². The van der Waals surface area contributed by atoms with Crippen LogP contribution in [-0.4, -0.2) is 17.4 Å². The Morgan fingerprint density at radius 1 is 1.15 bits per heavy atom. The Bertz CT molecular complexity index is 886. The lowest BCUT2D eigenvalue weighted by Gasteiger charge is -2.09. The highest BCUT2D eigenvalue weighted by atomic mass is 35.5. The van der Waals surface area contributed by atoms with Gasteiger partial charge in [0, 0.05) is 17.3 Å². The van der Waals surface area contributed by atoms with Crippen molar-refractivity contribution in [1.29, 1.82) is 0 Å². The van der Waals surface area contributed by atoms with E-state index in [0.717, 1.165) is 0 Å². The number of hydrogen-bond donors (Lipinski definition) is 0. The molecule has 0 aliphatic heterocycles. The van der Waals surface area contributed by atoms with Crippen molar-refractivity contribution in [2.75, 3.05) is 0 Å². The summed E-state index contributed by atoms with van der Waals surface area (Å²) in [7, 11) is -3.65. The Balaban J connectivity index is 2.32. The largest absolute Gasteiger partial charge is 0.269 e. The molecule has 4 nitrogen and oxygen atoms in total. The van der Waals surface area contributed by atoms with E-state index in [-0.39, 0.29) is 4.90 Å². The highest BCUT2D eigenvalue weighted by molar-refractivity contribution is 7.90. The Morgan fingerprint density at radius 2 is 1.85 bits per heavy atom. The van der Waals surface area contributed by atoms with Crippen molar-refractivity contribution in [2.24, 2.45) is 0 Å². The van der Waals surface area contributed by atoms with Gasteiger partial charge in [-0.2, -0.15) is 0 Å². The summed E-state index contributed by atoms with van der Waals surface area (Å²) in [4.78, 5) is 4.38. The average Bonchev–Trinajstić information content (AvgIpc) is 2.75. The minimum Gasteiger partial charge on any atom is -0.236 e. The first-order valence-corrected chi connectivity index (χ1v) is 7.76. The summed E-state index contributed by atoms with van der Waals surface area (Å²) in [5, 5.41) is 1.18. The maximum absolute atomic E-state index is 12.7. The van der Waals surface area contributed by atoms with Crippen LogP contribution in [0.15, 0.2) is 53.6 Å². The molecule has 20 heavy (non-hydrogen) atoms. The molecule has 0 amide bonds. The van der Waals surface area contributed by atoms with Crippen LogP contribution in [0, 0.1) is 6.92 Å². The number of fused-ring (bicyclic) bond motifs is 1. The first-order valence-electron chi connectivity index (χ1n) is 5.94. The summed E-state index contributed by atoms with van der Waals surface area (Å²) < 4.78 is 26.7. The van der Waals surface area contributed by atoms with Gasteiger partial charge in [-0.25, -0.2) is 17.4 Å². The van der Waals surface area contributed by atoms with Gasteiger partial charge >= 0.3 is 0 Å². The van der Waals surface area contributed by atoms with E-state index in [4.69, 9.17) is 11.6 Å². The molecular weight excluding hydrogens is 296 g/mol. The second-order valence-electron chi connectivity index (χ2n) is 4.43. The molecule has 3 aromatic rings. The molecule has 0 atom stereocenters. The zero-order valence-corrected chi connectivity index (χ0v) is 12.2. The normalized spacial score (nSPS) is 11.9. The van der Waals surface area contributed by atoms with Gasteiger partial charge in [-0.15, -0.1) is 0 Å². The van der Waals surface area contributed by atoms with E-state index in [1.807, 2.05) is 0 Å². The standard InChI is InChI=1S/C14H11ClN2O2S/c1-10-7-11-8-12(15)9-16-14(11)17(10)20(18,19)13-5-3-2-4-6-13/h2-9H,1H3. The molecule has 0 aliphatic rings. The maximum atomic E-state index is 12.7. The molecule has 0 spiro atoms. The van der Waals surface area contributed by atoms with Crippen LogP contribution in [0.1, 0.15) is 5.69 Å². The SMILES string of the molecule is Cc1cc2cc(Cl)cnc2n1S(=O)(=O)c1ccccc1. The Labute approximate surface area is 121 Å². The average molecular weight is 307 g/mol. The van der Waals surface area contributed by atoms with E-state index in [1.165, 1.54) is 10.2 Å². The van der Waals surface area contributed by atoms with Crippen LogP contribution in [-0.2, 0) is 10.0 Å². The molecule has 2 heterocycles. The summed E-state index contributed by atoms with van der Waals surface area (Å²) >= 11 is 5.89. The van der Waals surface area contributed by atoms with Crippen LogP contribution >= 0.6 is 11.6 Å². The van der Waals surface area contributed by atoms with E-state index < -0.39 is 10.0 Å². The molecule has 0 bridgehead atoms. The fraction of sp³-hybridized carbons (Fsp3) is 0.0714. The number of aromatic nitrogens is 2. The second kappa shape index (κ2) is 4.61. The van der Waals surface area contributed by atoms with Crippen molar-refractivity contribution in [3.63, 3.8) is 0 Å². The summed E-state index contributed by atoms with van der Waals surface area (Å²) in [6.45, 7) is 1.73. The van der Waals surface area contributed by atoms with Gasteiger partial charge in [0.15, 0.2) is 5.65 Å². The smallest absolute Gasteiger partial charge is 0.236 e. The minimum absolute atomic E-state index is 0.234. The van der Waals surface area contributed by atoms with Crippen molar-refractivity contribution >= 4 is 32.7 Å². The lowest BCUT2D eigenvalue weighted by molar-refractivity contribution is 0.587. The van der Waals surface area contributed by atoms with Gasteiger partial charge in [0.1, 0.15) is 0 Å². The van der Waals surface area contributed by atoms with Crippen molar-refractivity contribution < 1.29 is 8.42 Å². The summed E-state index contributed by atoms with van der Waals surface area (Å²) in [6, 6.07) is 11.8. The van der Waals surface area contributed by atoms with E-state index in [0.29, 0.717) is 21.7 Å². The molecular formula is C14H11ClN2O2S. The number of aryl methyl sites for hydroxylation is 1. The fourth-order valence-electron chi connectivity index (χ4n) is 2.18. The summed E-state index contributed by atoms with van der Waals surface area (Å²) in [6.07, 6.45) is 1.44. The fourth-order valence-corrected chi connectivity index (χ4v) is 3.87. The molecule has 0 fully saturated rings. The minimum atomic E-state index is -3.65. The van der Waals surface area contributed by atoms with Crippen molar-refractivity contribution in [1.82, 2.24) is 8.96 Å². The van der Waals surface area contributed by atoms with Gasteiger partial charge in [0.2, 0.25) is 0 Å². The molecule has 0 radical (unpaired) electrons. The number of nitrogens with zero attached hydrogens (tertiary/aromatic N) is 2. The number of hydrogen-bond acceptors (Lipinski definition) is 3. The number of pyridine rings is 1. The number of halogens is 1. The third kappa shape index (κ3) is 1.99. The van der Waals surface area contributed by atoms with Crippen LogP contribution in [0.5, 0.6) is 0 Å². The molecule has 0 N–H and O–H groups in total. The molecule has 0 unspecified atom stereocenters. The first kappa shape index (κ1) is 13.1. The molecule has 0 saturated heterocycles. The molecule has 0 aliphatic carbocycles.